The molecule has 0 aliphatic carbocycles. The molecule has 0 aliphatic rings. The third-order valence-electron chi connectivity index (χ3n) is 2.84. The normalized spacial score (nSPS) is 12.9. The minimum atomic E-state index is -5.19. The van der Waals surface area contributed by atoms with Crippen LogP contribution < -0.4 is 21.5 Å². The molecule has 1 aromatic carbocycles. The van der Waals surface area contributed by atoms with Crippen LogP contribution in [0.1, 0.15) is 12.5 Å². The first-order chi connectivity index (χ1) is 11.5. The van der Waals surface area contributed by atoms with Gasteiger partial charge in [0.15, 0.2) is 6.04 Å². The predicted molar refractivity (Wildman–Crippen MR) is 79.6 cm³/mol. The standard InChI is InChI=1S/C13H19N3O2.C2HF3O2/c1-9(14)12(17)16-11(13(18)15-2)8-10-6-4-3-5-7-10;3-2(4,5)1(6)7/h3-7,9,11H,8,14H2,1-2H3,(H,15,18)(H,16,17);(H,6,7)/t9-,11-;/m1./s1. The van der Waals surface area contributed by atoms with Crippen molar-refractivity contribution < 1.29 is 38.4 Å². The van der Waals surface area contributed by atoms with Crippen molar-refractivity contribution in [3.8, 4) is 0 Å². The van der Waals surface area contributed by atoms with Crippen molar-refractivity contribution in [1.29, 1.82) is 0 Å². The van der Waals surface area contributed by atoms with E-state index in [-0.39, 0.29) is 17.9 Å². The molecule has 7 nitrogen and oxygen atoms in total. The lowest BCUT2D eigenvalue weighted by Gasteiger charge is -2.17. The van der Waals surface area contributed by atoms with Gasteiger partial charge in [-0.2, -0.15) is 13.2 Å². The highest BCUT2D eigenvalue weighted by molar-refractivity contribution is 5.89. The third kappa shape index (κ3) is 9.30. The fourth-order valence-corrected chi connectivity index (χ4v) is 1.55. The van der Waals surface area contributed by atoms with Gasteiger partial charge in [0.25, 0.3) is 5.91 Å². The number of quaternary nitrogens is 1. The molecule has 1 rings (SSSR count). The molecule has 0 fully saturated rings. The summed E-state index contributed by atoms with van der Waals surface area (Å²) in [6.07, 6.45) is -4.72. The number of hydrogen-bond donors (Lipinski definition) is 3. The second kappa shape index (κ2) is 10.3. The van der Waals surface area contributed by atoms with Crippen molar-refractivity contribution in [2.24, 2.45) is 0 Å². The van der Waals surface area contributed by atoms with Gasteiger partial charge in [-0.25, -0.2) is 0 Å². The lowest BCUT2D eigenvalue weighted by Crippen LogP contribution is -2.67. The van der Waals surface area contributed by atoms with Gasteiger partial charge in [0, 0.05) is 13.5 Å². The molecule has 140 valence electrons. The Morgan fingerprint density at radius 1 is 1.16 bits per heavy atom. The van der Waals surface area contributed by atoms with Crippen LogP contribution in [0.5, 0.6) is 0 Å². The third-order valence-corrected chi connectivity index (χ3v) is 2.84. The number of halogens is 3. The maximum Gasteiger partial charge on any atom is 0.430 e. The summed E-state index contributed by atoms with van der Waals surface area (Å²) in [7, 11) is 1.56. The van der Waals surface area contributed by atoms with Crippen LogP contribution in [0.3, 0.4) is 0 Å². The van der Waals surface area contributed by atoms with Crippen LogP contribution in [0.15, 0.2) is 30.3 Å². The number of amides is 2. The fourth-order valence-electron chi connectivity index (χ4n) is 1.55. The SMILES string of the molecule is CNC(=O)[C@@H](Cc1ccccc1)NC(=O)[C@@H](C)[NH3+].O=C([O-])C(F)(F)F. The molecule has 0 aromatic heterocycles. The lowest BCUT2D eigenvalue weighted by molar-refractivity contribution is -0.398. The van der Waals surface area contributed by atoms with E-state index in [0.29, 0.717) is 6.42 Å². The monoisotopic (exact) mass is 363 g/mol. The van der Waals surface area contributed by atoms with E-state index in [9.17, 15) is 22.8 Å². The van der Waals surface area contributed by atoms with E-state index >= 15 is 0 Å². The molecule has 2 atom stereocenters. The van der Waals surface area contributed by atoms with Gasteiger partial charge in [-0.3, -0.25) is 9.59 Å². The van der Waals surface area contributed by atoms with Gasteiger partial charge in [-0.15, -0.1) is 0 Å². The Kier molecular flexibility index (Phi) is 9.21. The molecule has 2 amide bonds. The zero-order valence-corrected chi connectivity index (χ0v) is 13.7. The van der Waals surface area contributed by atoms with Crippen LogP contribution >= 0.6 is 0 Å². The Hall–Kier alpha value is -2.62. The average molecular weight is 363 g/mol. The molecule has 25 heavy (non-hydrogen) atoms. The van der Waals surface area contributed by atoms with E-state index in [4.69, 9.17) is 9.90 Å². The largest absolute Gasteiger partial charge is 0.542 e. The number of rotatable bonds is 5. The molecule has 0 saturated carbocycles. The summed E-state index contributed by atoms with van der Waals surface area (Å²) < 4.78 is 31.5. The Labute approximate surface area is 142 Å². The van der Waals surface area contributed by atoms with Gasteiger partial charge < -0.3 is 26.3 Å². The Morgan fingerprint density at radius 3 is 2.00 bits per heavy atom. The van der Waals surface area contributed by atoms with Gasteiger partial charge in [0.1, 0.15) is 12.0 Å². The van der Waals surface area contributed by atoms with Gasteiger partial charge in [-0.1, -0.05) is 30.3 Å². The van der Waals surface area contributed by atoms with Gasteiger partial charge in [-0.05, 0) is 12.5 Å². The summed E-state index contributed by atoms with van der Waals surface area (Å²) in [5, 5.41) is 14.0. The number of hydrogen-bond acceptors (Lipinski definition) is 4. The molecule has 10 heteroatoms. The number of carboxylic acid groups (broad SMARTS) is 1. The summed E-state index contributed by atoms with van der Waals surface area (Å²) >= 11 is 0. The van der Waals surface area contributed by atoms with Crippen LogP contribution in [0.25, 0.3) is 0 Å². The molecular formula is C15H20F3N3O4. The van der Waals surface area contributed by atoms with Crippen LogP contribution in [0.4, 0.5) is 13.2 Å². The van der Waals surface area contributed by atoms with Gasteiger partial charge >= 0.3 is 6.18 Å². The number of benzene rings is 1. The summed E-state index contributed by atoms with van der Waals surface area (Å²) in [5.41, 5.74) is 4.64. The van der Waals surface area contributed by atoms with Crippen LogP contribution in [0.2, 0.25) is 0 Å². The molecule has 5 N–H and O–H groups in total. The van der Waals surface area contributed by atoms with Crippen molar-refractivity contribution in [2.75, 3.05) is 7.05 Å². The maximum absolute atomic E-state index is 11.7. The zero-order valence-electron chi connectivity index (χ0n) is 13.7. The second-order valence-corrected chi connectivity index (χ2v) is 5.05. The molecular weight excluding hydrogens is 343 g/mol. The minimum absolute atomic E-state index is 0.201. The molecule has 0 bridgehead atoms. The van der Waals surface area contributed by atoms with Crippen LogP contribution in [0, 0.1) is 0 Å². The Morgan fingerprint density at radius 2 is 1.64 bits per heavy atom. The Bertz CT molecular complexity index is 577. The first-order valence-corrected chi connectivity index (χ1v) is 7.16. The number of carboxylic acids is 1. The van der Waals surface area contributed by atoms with E-state index in [1.165, 1.54) is 0 Å². The molecule has 0 aliphatic heterocycles. The molecule has 0 unspecified atom stereocenters. The maximum atomic E-state index is 11.7. The van der Waals surface area contributed by atoms with E-state index in [0.717, 1.165) is 5.56 Å². The van der Waals surface area contributed by atoms with Crippen LogP contribution in [-0.4, -0.2) is 43.1 Å². The van der Waals surface area contributed by atoms with Gasteiger partial charge in [0.05, 0.1) is 0 Å². The Balaban J connectivity index is 0.000000697. The zero-order chi connectivity index (χ0) is 19.6. The van der Waals surface area contributed by atoms with E-state index in [1.54, 1.807) is 14.0 Å². The quantitative estimate of drug-likeness (QED) is 0.582. The van der Waals surface area contributed by atoms with Gasteiger partial charge in [0.2, 0.25) is 5.91 Å². The summed E-state index contributed by atoms with van der Waals surface area (Å²) in [6.45, 7) is 1.69. The molecule has 0 radical (unpaired) electrons. The summed E-state index contributed by atoms with van der Waals surface area (Å²) in [4.78, 5) is 32.1. The van der Waals surface area contributed by atoms with E-state index < -0.39 is 18.2 Å². The minimum Gasteiger partial charge on any atom is -0.542 e. The van der Waals surface area contributed by atoms with Crippen LogP contribution in [-0.2, 0) is 20.8 Å². The van der Waals surface area contributed by atoms with Crippen molar-refractivity contribution >= 4 is 17.8 Å². The lowest BCUT2D eigenvalue weighted by atomic mass is 10.0. The van der Waals surface area contributed by atoms with Crippen molar-refractivity contribution in [3.63, 3.8) is 0 Å². The number of carbonyl (C=O) groups excluding carboxylic acids is 3. The molecule has 0 saturated heterocycles. The van der Waals surface area contributed by atoms with E-state index in [1.807, 2.05) is 30.3 Å². The molecule has 0 spiro atoms. The number of nitrogens with one attached hydrogen (secondary N) is 2. The van der Waals surface area contributed by atoms with Crippen molar-refractivity contribution in [3.05, 3.63) is 35.9 Å². The summed E-state index contributed by atoms with van der Waals surface area (Å²) in [5.74, 6) is -3.43. The first kappa shape index (κ1) is 22.4. The topological polar surface area (TPSA) is 126 Å². The predicted octanol–water partition coefficient (Wildman–Crippen LogP) is -1.61. The fraction of sp³-hybridized carbons (Fsp3) is 0.400. The number of aliphatic carboxylic acids is 1. The smallest absolute Gasteiger partial charge is 0.430 e. The number of likely N-dealkylation sites (N-methyl/N-ethyl adjacent to an activating group) is 1. The molecule has 1 aromatic rings. The highest BCUT2D eigenvalue weighted by Gasteiger charge is 2.28. The highest BCUT2D eigenvalue weighted by atomic mass is 19.4. The first-order valence-electron chi connectivity index (χ1n) is 7.16. The van der Waals surface area contributed by atoms with Crippen molar-refractivity contribution in [2.45, 2.75) is 31.6 Å². The average Bonchev–Trinajstić information content (AvgIpc) is 2.53. The van der Waals surface area contributed by atoms with E-state index in [2.05, 4.69) is 16.4 Å². The highest BCUT2D eigenvalue weighted by Crippen LogP contribution is 2.11. The molecule has 0 heterocycles. The number of alkyl halides is 3. The second-order valence-electron chi connectivity index (χ2n) is 5.05. The number of carbonyl (C=O) groups is 3. The summed E-state index contributed by atoms with van der Waals surface area (Å²) in [6, 6.07) is 8.63. The van der Waals surface area contributed by atoms with Crippen molar-refractivity contribution in [1.82, 2.24) is 10.6 Å².